The average molecular weight is 244 g/mol. The largest absolute Gasteiger partial charge is 0.469 e. The van der Waals surface area contributed by atoms with Crippen molar-refractivity contribution in [2.24, 2.45) is 11.3 Å². The second-order valence-corrected chi connectivity index (χ2v) is 5.85. The van der Waals surface area contributed by atoms with Crippen molar-refractivity contribution in [3.63, 3.8) is 0 Å². The first-order valence-corrected chi connectivity index (χ1v) is 6.82. The van der Waals surface area contributed by atoms with E-state index in [1.807, 2.05) is 13.8 Å². The summed E-state index contributed by atoms with van der Waals surface area (Å²) in [4.78, 5) is 22.6. The Hall–Kier alpha value is -0.510. The summed E-state index contributed by atoms with van der Waals surface area (Å²) < 4.78 is 4.68. The fraction of sp³-hybridized carbons (Fsp3) is 0.833. The van der Waals surface area contributed by atoms with Gasteiger partial charge in [0, 0.05) is 5.92 Å². The molecule has 16 heavy (non-hydrogen) atoms. The average Bonchev–Trinajstić information content (AvgIpc) is 2.97. The van der Waals surface area contributed by atoms with E-state index in [2.05, 4.69) is 4.74 Å². The molecular weight excluding hydrogens is 224 g/mol. The van der Waals surface area contributed by atoms with Gasteiger partial charge in [0.15, 0.2) is 0 Å². The smallest absolute Gasteiger partial charge is 0.306 e. The normalized spacial score (nSPS) is 17.2. The molecule has 0 aromatic rings. The van der Waals surface area contributed by atoms with Crippen LogP contribution >= 0.6 is 11.8 Å². The Morgan fingerprint density at radius 3 is 2.44 bits per heavy atom. The molecule has 0 N–H and O–H groups in total. The lowest BCUT2D eigenvalue weighted by Gasteiger charge is -2.13. The van der Waals surface area contributed by atoms with Gasteiger partial charge in [-0.15, -0.1) is 0 Å². The minimum absolute atomic E-state index is 0.114. The lowest BCUT2D eigenvalue weighted by Crippen LogP contribution is -2.15. The van der Waals surface area contributed by atoms with Crippen molar-refractivity contribution < 1.29 is 14.3 Å². The number of methoxy groups -OCH3 is 1. The Kier molecular flexibility index (Phi) is 4.84. The zero-order chi connectivity index (χ0) is 12.2. The Morgan fingerprint density at radius 2 is 2.00 bits per heavy atom. The van der Waals surface area contributed by atoms with Gasteiger partial charge in [-0.1, -0.05) is 13.8 Å². The summed E-state index contributed by atoms with van der Waals surface area (Å²) in [7, 11) is 1.42. The van der Waals surface area contributed by atoms with Crippen molar-refractivity contribution in [3.05, 3.63) is 0 Å². The van der Waals surface area contributed by atoms with E-state index in [0.29, 0.717) is 18.0 Å². The van der Waals surface area contributed by atoms with E-state index >= 15 is 0 Å². The van der Waals surface area contributed by atoms with Crippen molar-refractivity contribution in [1.29, 1.82) is 0 Å². The number of carbonyl (C=O) groups excluding carboxylic acids is 2. The third-order valence-corrected chi connectivity index (χ3v) is 4.31. The van der Waals surface area contributed by atoms with Gasteiger partial charge in [0.2, 0.25) is 0 Å². The zero-order valence-electron chi connectivity index (χ0n) is 10.2. The molecule has 1 fully saturated rings. The molecule has 1 aliphatic carbocycles. The van der Waals surface area contributed by atoms with Crippen LogP contribution in [-0.4, -0.2) is 30.4 Å². The number of thioether (sulfide) groups is 1. The van der Waals surface area contributed by atoms with Crippen molar-refractivity contribution in [3.8, 4) is 0 Å². The van der Waals surface area contributed by atoms with Gasteiger partial charge >= 0.3 is 5.97 Å². The van der Waals surface area contributed by atoms with E-state index in [1.165, 1.54) is 7.11 Å². The van der Waals surface area contributed by atoms with Gasteiger partial charge in [0.25, 0.3) is 0 Å². The van der Waals surface area contributed by atoms with E-state index in [-0.39, 0.29) is 17.3 Å². The fourth-order valence-electron chi connectivity index (χ4n) is 1.46. The van der Waals surface area contributed by atoms with Crippen LogP contribution in [0.4, 0.5) is 0 Å². The molecule has 0 atom stereocenters. The highest BCUT2D eigenvalue weighted by molar-refractivity contribution is 8.00. The summed E-state index contributed by atoms with van der Waals surface area (Å²) in [6, 6.07) is 0. The first-order chi connectivity index (χ1) is 7.49. The van der Waals surface area contributed by atoms with Gasteiger partial charge < -0.3 is 4.74 Å². The first kappa shape index (κ1) is 13.6. The molecule has 0 heterocycles. The summed E-state index contributed by atoms with van der Waals surface area (Å²) in [6.45, 7) is 3.84. The van der Waals surface area contributed by atoms with Crippen LogP contribution in [0, 0.1) is 11.3 Å². The van der Waals surface area contributed by atoms with Crippen LogP contribution in [0.2, 0.25) is 0 Å². The molecular formula is C12H20O3S. The SMILES string of the molecule is COC(=O)CC1(CSCC(=O)C(C)C)CC1. The molecule has 1 aliphatic rings. The number of hydrogen-bond donors (Lipinski definition) is 0. The van der Waals surface area contributed by atoms with E-state index in [9.17, 15) is 9.59 Å². The zero-order valence-corrected chi connectivity index (χ0v) is 11.1. The van der Waals surface area contributed by atoms with Crippen LogP contribution in [0.1, 0.15) is 33.1 Å². The van der Waals surface area contributed by atoms with Crippen LogP contribution in [0.15, 0.2) is 0 Å². The summed E-state index contributed by atoms with van der Waals surface area (Å²) in [5.74, 6) is 1.75. The standard InChI is InChI=1S/C12H20O3S/c1-9(2)10(13)7-16-8-12(4-5-12)6-11(14)15-3/h9H,4-8H2,1-3H3. The van der Waals surface area contributed by atoms with Crippen LogP contribution in [0.25, 0.3) is 0 Å². The summed E-state index contributed by atoms with van der Waals surface area (Å²) in [5, 5.41) is 0. The molecule has 3 nitrogen and oxygen atoms in total. The first-order valence-electron chi connectivity index (χ1n) is 5.66. The van der Waals surface area contributed by atoms with Gasteiger partial charge in [-0.2, -0.15) is 11.8 Å². The Bertz CT molecular complexity index is 269. The summed E-state index contributed by atoms with van der Waals surface area (Å²) in [5.41, 5.74) is 0.134. The summed E-state index contributed by atoms with van der Waals surface area (Å²) >= 11 is 1.65. The van der Waals surface area contributed by atoms with Crippen molar-refractivity contribution >= 4 is 23.5 Å². The molecule has 0 saturated heterocycles. The molecule has 0 aliphatic heterocycles. The van der Waals surface area contributed by atoms with Gasteiger partial charge in [0.05, 0.1) is 19.3 Å². The fourth-order valence-corrected chi connectivity index (χ4v) is 2.92. The Balaban J connectivity index is 2.22. The molecule has 0 radical (unpaired) electrons. The maximum Gasteiger partial charge on any atom is 0.306 e. The molecule has 4 heteroatoms. The van der Waals surface area contributed by atoms with Gasteiger partial charge in [-0.05, 0) is 24.0 Å². The molecule has 0 aromatic carbocycles. The second-order valence-electron chi connectivity index (χ2n) is 4.87. The van der Waals surface area contributed by atoms with Crippen LogP contribution < -0.4 is 0 Å². The number of rotatable bonds is 7. The monoisotopic (exact) mass is 244 g/mol. The number of esters is 1. The number of Topliss-reactive ketones (excluding diaryl/α,β-unsaturated/α-hetero) is 1. The number of ketones is 1. The van der Waals surface area contributed by atoms with Gasteiger partial charge in [-0.25, -0.2) is 0 Å². The lowest BCUT2D eigenvalue weighted by molar-refractivity contribution is -0.141. The molecule has 0 aromatic heterocycles. The van der Waals surface area contributed by atoms with E-state index in [4.69, 9.17) is 0 Å². The highest BCUT2D eigenvalue weighted by atomic mass is 32.2. The topological polar surface area (TPSA) is 43.4 Å². The molecule has 0 amide bonds. The van der Waals surface area contributed by atoms with Crippen molar-refractivity contribution in [2.45, 2.75) is 33.1 Å². The van der Waals surface area contributed by atoms with Crippen LogP contribution in [0.3, 0.4) is 0 Å². The Labute approximate surface area is 101 Å². The minimum atomic E-state index is -0.131. The van der Waals surface area contributed by atoms with Crippen molar-refractivity contribution in [1.82, 2.24) is 0 Å². The number of ether oxygens (including phenoxy) is 1. The van der Waals surface area contributed by atoms with Crippen LogP contribution in [0.5, 0.6) is 0 Å². The van der Waals surface area contributed by atoms with Gasteiger partial charge in [-0.3, -0.25) is 9.59 Å². The molecule has 0 bridgehead atoms. The van der Waals surface area contributed by atoms with Crippen LogP contribution in [-0.2, 0) is 14.3 Å². The summed E-state index contributed by atoms with van der Waals surface area (Å²) in [6.07, 6.45) is 2.68. The maximum atomic E-state index is 11.4. The minimum Gasteiger partial charge on any atom is -0.469 e. The second kappa shape index (κ2) is 5.71. The predicted octanol–water partition coefficient (Wildman–Crippen LogP) is 2.29. The van der Waals surface area contributed by atoms with E-state index in [0.717, 1.165) is 18.6 Å². The molecule has 0 spiro atoms. The molecule has 0 unspecified atom stereocenters. The molecule has 1 saturated carbocycles. The van der Waals surface area contributed by atoms with E-state index < -0.39 is 0 Å². The van der Waals surface area contributed by atoms with E-state index in [1.54, 1.807) is 11.8 Å². The highest BCUT2D eigenvalue weighted by Gasteiger charge is 2.44. The predicted molar refractivity (Wildman–Crippen MR) is 65.5 cm³/mol. The van der Waals surface area contributed by atoms with Gasteiger partial charge in [0.1, 0.15) is 5.78 Å². The highest BCUT2D eigenvalue weighted by Crippen LogP contribution is 2.51. The number of hydrogen-bond acceptors (Lipinski definition) is 4. The molecule has 92 valence electrons. The quantitative estimate of drug-likeness (QED) is 0.644. The Morgan fingerprint density at radius 1 is 1.38 bits per heavy atom. The lowest BCUT2D eigenvalue weighted by atomic mass is 10.1. The van der Waals surface area contributed by atoms with Crippen molar-refractivity contribution in [2.75, 3.05) is 18.6 Å². The number of carbonyl (C=O) groups is 2. The molecule has 1 rings (SSSR count). The third kappa shape index (κ3) is 4.16. The third-order valence-electron chi connectivity index (χ3n) is 3.00. The maximum absolute atomic E-state index is 11.4.